The number of hydrogen-bond donors (Lipinski definition) is 3. The van der Waals surface area contributed by atoms with Gasteiger partial charge < -0.3 is 15.7 Å². The Balaban J connectivity index is 1.61. The maximum absolute atomic E-state index is 11.8. The second-order valence-electron chi connectivity index (χ2n) is 5.49. The monoisotopic (exact) mass is 326 g/mol. The molecule has 0 radical (unpaired) electrons. The van der Waals surface area contributed by atoms with E-state index >= 15 is 0 Å². The highest BCUT2D eigenvalue weighted by atomic mass is 16.3. The number of carbonyl (C=O) groups excluding carboxylic acids is 2. The van der Waals surface area contributed by atoms with Gasteiger partial charge in [0, 0.05) is 24.2 Å². The van der Waals surface area contributed by atoms with Crippen molar-refractivity contribution in [2.24, 2.45) is 0 Å². The molecule has 0 bridgehead atoms. The molecule has 0 saturated carbocycles. The molecule has 24 heavy (non-hydrogen) atoms. The van der Waals surface area contributed by atoms with Crippen molar-refractivity contribution in [3.8, 4) is 0 Å². The topological polar surface area (TPSA) is 78.4 Å². The summed E-state index contributed by atoms with van der Waals surface area (Å²) in [6, 6.07) is 17.9. The maximum atomic E-state index is 11.8. The van der Waals surface area contributed by atoms with Crippen LogP contribution in [0.25, 0.3) is 0 Å². The Morgan fingerprint density at radius 3 is 1.88 bits per heavy atom. The Labute approximate surface area is 141 Å². The number of aliphatic hydroxyl groups is 1. The minimum Gasteiger partial charge on any atom is -0.391 e. The molecule has 0 fully saturated rings. The lowest BCUT2D eigenvalue weighted by molar-refractivity contribution is 0.0908. The zero-order chi connectivity index (χ0) is 17.2. The van der Waals surface area contributed by atoms with Crippen LogP contribution in [0.15, 0.2) is 60.7 Å². The quantitative estimate of drug-likeness (QED) is 0.649. The molecule has 2 rings (SSSR count). The van der Waals surface area contributed by atoms with E-state index in [2.05, 4.69) is 10.6 Å². The molecule has 2 amide bonds. The second-order valence-corrected chi connectivity index (χ2v) is 5.49. The zero-order valence-corrected chi connectivity index (χ0v) is 13.4. The van der Waals surface area contributed by atoms with Crippen LogP contribution in [-0.2, 0) is 0 Å². The summed E-state index contributed by atoms with van der Waals surface area (Å²) >= 11 is 0. The predicted octanol–water partition coefficient (Wildman–Crippen LogP) is 1.99. The number of hydrogen-bond acceptors (Lipinski definition) is 3. The van der Waals surface area contributed by atoms with Gasteiger partial charge in [-0.05, 0) is 37.1 Å². The highest BCUT2D eigenvalue weighted by Crippen LogP contribution is 2.01. The van der Waals surface area contributed by atoms with E-state index in [0.717, 1.165) is 0 Å². The fourth-order valence-corrected chi connectivity index (χ4v) is 2.24. The molecule has 0 aliphatic heterocycles. The Kier molecular flexibility index (Phi) is 6.98. The first-order valence-corrected chi connectivity index (χ1v) is 8.01. The molecule has 0 spiro atoms. The highest BCUT2D eigenvalue weighted by Gasteiger charge is 2.09. The van der Waals surface area contributed by atoms with Crippen LogP contribution >= 0.6 is 0 Å². The van der Waals surface area contributed by atoms with Crippen molar-refractivity contribution >= 4 is 11.8 Å². The smallest absolute Gasteiger partial charge is 0.251 e. The third-order valence-electron chi connectivity index (χ3n) is 3.57. The minimum absolute atomic E-state index is 0.123. The Bertz CT molecular complexity index is 644. The van der Waals surface area contributed by atoms with Crippen molar-refractivity contribution in [2.75, 3.05) is 13.1 Å². The molecular weight excluding hydrogens is 304 g/mol. The summed E-state index contributed by atoms with van der Waals surface area (Å²) in [5.41, 5.74) is 1.19. The molecule has 0 aliphatic rings. The lowest BCUT2D eigenvalue weighted by Gasteiger charge is -2.12. The number of aliphatic hydroxyl groups excluding tert-OH is 1. The molecule has 2 aromatic carbocycles. The van der Waals surface area contributed by atoms with Crippen molar-refractivity contribution in [3.63, 3.8) is 0 Å². The molecule has 126 valence electrons. The molecule has 0 aromatic heterocycles. The standard InChI is InChI=1S/C19H22N2O3/c22-17(14-21-19(24)16-10-5-2-6-11-16)12-7-13-20-18(23)15-8-3-1-4-9-15/h1-6,8-11,17,22H,7,12-14H2,(H,20,23)(H,21,24)/t17-/m1/s1. The largest absolute Gasteiger partial charge is 0.391 e. The molecule has 0 saturated heterocycles. The van der Waals surface area contributed by atoms with Gasteiger partial charge in [-0.1, -0.05) is 36.4 Å². The summed E-state index contributed by atoms with van der Waals surface area (Å²) in [4.78, 5) is 23.7. The van der Waals surface area contributed by atoms with Crippen LogP contribution in [0, 0.1) is 0 Å². The molecule has 2 aromatic rings. The second kappa shape index (κ2) is 9.47. The first kappa shape index (κ1) is 17.7. The Hall–Kier alpha value is -2.66. The number of carbonyl (C=O) groups is 2. The van der Waals surface area contributed by atoms with Gasteiger partial charge in [-0.25, -0.2) is 0 Å². The third-order valence-corrected chi connectivity index (χ3v) is 3.57. The van der Waals surface area contributed by atoms with Gasteiger partial charge in [-0.15, -0.1) is 0 Å². The van der Waals surface area contributed by atoms with Gasteiger partial charge in [0.15, 0.2) is 0 Å². The van der Waals surface area contributed by atoms with Crippen LogP contribution in [0.1, 0.15) is 33.6 Å². The van der Waals surface area contributed by atoms with Crippen LogP contribution in [0.2, 0.25) is 0 Å². The number of rotatable bonds is 8. The van der Waals surface area contributed by atoms with Crippen LogP contribution in [0.4, 0.5) is 0 Å². The molecular formula is C19H22N2O3. The van der Waals surface area contributed by atoms with Crippen molar-refractivity contribution < 1.29 is 14.7 Å². The van der Waals surface area contributed by atoms with E-state index in [4.69, 9.17) is 0 Å². The summed E-state index contributed by atoms with van der Waals surface area (Å²) in [5, 5.41) is 15.4. The number of benzene rings is 2. The van der Waals surface area contributed by atoms with Gasteiger partial charge in [0.2, 0.25) is 0 Å². The summed E-state index contributed by atoms with van der Waals surface area (Å²) < 4.78 is 0. The van der Waals surface area contributed by atoms with Crippen molar-refractivity contribution in [3.05, 3.63) is 71.8 Å². The number of nitrogens with one attached hydrogen (secondary N) is 2. The summed E-state index contributed by atoms with van der Waals surface area (Å²) in [6.45, 7) is 0.678. The van der Waals surface area contributed by atoms with Crippen LogP contribution in [0.3, 0.4) is 0 Å². The summed E-state index contributed by atoms with van der Waals surface area (Å²) in [7, 11) is 0. The minimum atomic E-state index is -0.633. The van der Waals surface area contributed by atoms with E-state index in [9.17, 15) is 14.7 Å². The average Bonchev–Trinajstić information content (AvgIpc) is 2.64. The van der Waals surface area contributed by atoms with Gasteiger partial charge in [-0.2, -0.15) is 0 Å². The normalized spacial score (nSPS) is 11.5. The van der Waals surface area contributed by atoms with Crippen LogP contribution in [-0.4, -0.2) is 36.1 Å². The van der Waals surface area contributed by atoms with E-state index in [0.29, 0.717) is 30.5 Å². The fraction of sp³-hybridized carbons (Fsp3) is 0.263. The van der Waals surface area contributed by atoms with Crippen LogP contribution in [0.5, 0.6) is 0 Å². The van der Waals surface area contributed by atoms with E-state index in [1.54, 1.807) is 36.4 Å². The van der Waals surface area contributed by atoms with E-state index in [1.165, 1.54) is 0 Å². The fourth-order valence-electron chi connectivity index (χ4n) is 2.24. The highest BCUT2D eigenvalue weighted by molar-refractivity contribution is 5.94. The molecule has 0 heterocycles. The van der Waals surface area contributed by atoms with E-state index in [1.807, 2.05) is 24.3 Å². The molecule has 0 aliphatic carbocycles. The van der Waals surface area contributed by atoms with Gasteiger partial charge in [0.25, 0.3) is 11.8 Å². The first-order valence-electron chi connectivity index (χ1n) is 8.01. The Morgan fingerprint density at radius 1 is 0.833 bits per heavy atom. The molecule has 3 N–H and O–H groups in total. The zero-order valence-electron chi connectivity index (χ0n) is 13.4. The van der Waals surface area contributed by atoms with Crippen molar-refractivity contribution in [1.29, 1.82) is 0 Å². The van der Waals surface area contributed by atoms with E-state index < -0.39 is 6.10 Å². The van der Waals surface area contributed by atoms with Gasteiger partial charge in [0.1, 0.15) is 0 Å². The number of amides is 2. The third kappa shape index (κ3) is 5.85. The lowest BCUT2D eigenvalue weighted by Crippen LogP contribution is -2.33. The molecule has 5 nitrogen and oxygen atoms in total. The first-order chi connectivity index (χ1) is 11.7. The predicted molar refractivity (Wildman–Crippen MR) is 92.8 cm³/mol. The SMILES string of the molecule is O=C(NCCC[C@@H](O)CNC(=O)c1ccccc1)c1ccccc1. The van der Waals surface area contributed by atoms with Gasteiger partial charge >= 0.3 is 0 Å². The lowest BCUT2D eigenvalue weighted by atomic mass is 10.1. The summed E-state index contributed by atoms with van der Waals surface area (Å²) in [6.07, 6.45) is 0.511. The molecule has 0 unspecified atom stereocenters. The Morgan fingerprint density at radius 2 is 1.33 bits per heavy atom. The van der Waals surface area contributed by atoms with Crippen molar-refractivity contribution in [1.82, 2.24) is 10.6 Å². The van der Waals surface area contributed by atoms with Gasteiger partial charge in [0.05, 0.1) is 6.10 Å². The average molecular weight is 326 g/mol. The summed E-state index contributed by atoms with van der Waals surface area (Å²) in [5.74, 6) is -0.325. The molecule has 5 heteroatoms. The van der Waals surface area contributed by atoms with Crippen molar-refractivity contribution in [2.45, 2.75) is 18.9 Å². The molecule has 1 atom stereocenters. The van der Waals surface area contributed by atoms with Gasteiger partial charge in [-0.3, -0.25) is 9.59 Å². The van der Waals surface area contributed by atoms with E-state index in [-0.39, 0.29) is 18.4 Å². The maximum Gasteiger partial charge on any atom is 0.251 e. The van der Waals surface area contributed by atoms with Crippen LogP contribution < -0.4 is 10.6 Å².